The Morgan fingerprint density at radius 1 is 1.06 bits per heavy atom. The van der Waals surface area contributed by atoms with Gasteiger partial charge in [-0.05, 0) is 43.9 Å². The summed E-state index contributed by atoms with van der Waals surface area (Å²) in [7, 11) is 3.86. The summed E-state index contributed by atoms with van der Waals surface area (Å²) < 4.78 is 1.39. The van der Waals surface area contributed by atoms with Crippen LogP contribution in [0.2, 0.25) is 0 Å². The van der Waals surface area contributed by atoms with Crippen LogP contribution in [-0.4, -0.2) is 58.6 Å². The lowest BCUT2D eigenvalue weighted by Crippen LogP contribution is -2.36. The summed E-state index contributed by atoms with van der Waals surface area (Å²) in [4.78, 5) is 29.0. The molecule has 0 aliphatic carbocycles. The maximum atomic E-state index is 13.3. The highest BCUT2D eigenvalue weighted by molar-refractivity contribution is 5.97. The molecule has 1 aromatic heterocycles. The summed E-state index contributed by atoms with van der Waals surface area (Å²) in [6.45, 7) is 1.47. The average Bonchev–Trinajstić information content (AvgIpc) is 3.23. The van der Waals surface area contributed by atoms with Crippen molar-refractivity contribution in [2.45, 2.75) is 6.54 Å². The molecule has 0 unspecified atom stereocenters. The molecule has 8 nitrogen and oxygen atoms in total. The summed E-state index contributed by atoms with van der Waals surface area (Å²) in [5.41, 5.74) is 7.91. The van der Waals surface area contributed by atoms with Crippen LogP contribution in [0.15, 0.2) is 60.7 Å². The average molecular weight is 416 g/mol. The fourth-order valence-corrected chi connectivity index (χ4v) is 3.07. The first kappa shape index (κ1) is 21.7. The highest BCUT2D eigenvalue weighted by Crippen LogP contribution is 2.16. The Balaban J connectivity index is 1.92. The second-order valence-electron chi connectivity index (χ2n) is 7.37. The van der Waals surface area contributed by atoms with Gasteiger partial charge in [0, 0.05) is 25.7 Å². The third kappa shape index (κ3) is 5.35. The van der Waals surface area contributed by atoms with Gasteiger partial charge in [0.25, 0.3) is 11.8 Å². The van der Waals surface area contributed by atoms with Gasteiger partial charge in [-0.3, -0.25) is 9.59 Å². The van der Waals surface area contributed by atoms with Gasteiger partial charge in [-0.1, -0.05) is 30.3 Å². The van der Waals surface area contributed by atoms with Crippen molar-refractivity contribution < 1.29 is 9.59 Å². The van der Waals surface area contributed by atoms with E-state index in [0.29, 0.717) is 30.9 Å². The van der Waals surface area contributed by atoms with Crippen molar-refractivity contribution >= 4 is 11.8 Å². The molecule has 3 rings (SSSR count). The summed E-state index contributed by atoms with van der Waals surface area (Å²) >= 11 is 0. The molecule has 0 saturated heterocycles. The number of likely N-dealkylation sites (N-methyl/N-ethyl adjacent to an activating group) is 1. The zero-order valence-corrected chi connectivity index (χ0v) is 17.5. The monoisotopic (exact) mass is 416 g/mol. The van der Waals surface area contributed by atoms with Crippen LogP contribution in [0.4, 0.5) is 0 Å². The molecule has 1 heterocycles. The van der Waals surface area contributed by atoms with Crippen molar-refractivity contribution in [3.05, 3.63) is 83.2 Å². The molecule has 0 saturated carbocycles. The molecule has 3 aromatic rings. The zero-order chi connectivity index (χ0) is 22.4. The molecule has 2 N–H and O–H groups in total. The molecule has 2 amide bonds. The molecule has 0 spiro atoms. The van der Waals surface area contributed by atoms with Crippen molar-refractivity contribution in [2.24, 2.45) is 5.73 Å². The van der Waals surface area contributed by atoms with Crippen molar-refractivity contribution in [3.63, 3.8) is 0 Å². The van der Waals surface area contributed by atoms with E-state index in [-0.39, 0.29) is 17.3 Å². The molecule has 0 atom stereocenters. The van der Waals surface area contributed by atoms with E-state index in [2.05, 4.69) is 11.2 Å². The number of para-hydroxylation sites is 1. The molecule has 0 aliphatic heterocycles. The predicted molar refractivity (Wildman–Crippen MR) is 117 cm³/mol. The highest BCUT2D eigenvalue weighted by Gasteiger charge is 2.23. The summed E-state index contributed by atoms with van der Waals surface area (Å²) in [5, 5.41) is 13.4. The number of hydrogen-bond donors (Lipinski definition) is 1. The van der Waals surface area contributed by atoms with Gasteiger partial charge in [-0.25, -0.2) is 4.68 Å². The molecule has 158 valence electrons. The third-order valence-electron chi connectivity index (χ3n) is 4.74. The molecule has 0 radical (unpaired) electrons. The van der Waals surface area contributed by atoms with Crippen LogP contribution < -0.4 is 5.73 Å². The Hall–Kier alpha value is -3.96. The van der Waals surface area contributed by atoms with Gasteiger partial charge in [0.05, 0.1) is 17.3 Å². The molecular weight excluding hydrogens is 392 g/mol. The van der Waals surface area contributed by atoms with Crippen LogP contribution in [0.5, 0.6) is 0 Å². The quantitative estimate of drug-likeness (QED) is 0.605. The molecule has 0 fully saturated rings. The van der Waals surface area contributed by atoms with Crippen molar-refractivity contribution in [1.82, 2.24) is 19.6 Å². The second-order valence-corrected chi connectivity index (χ2v) is 7.37. The van der Waals surface area contributed by atoms with Gasteiger partial charge < -0.3 is 15.5 Å². The van der Waals surface area contributed by atoms with E-state index in [1.54, 1.807) is 29.2 Å². The normalized spacial score (nSPS) is 10.6. The lowest BCUT2D eigenvalue weighted by molar-refractivity contribution is 0.0725. The van der Waals surface area contributed by atoms with Gasteiger partial charge in [0.2, 0.25) is 0 Å². The maximum absolute atomic E-state index is 13.3. The summed E-state index contributed by atoms with van der Waals surface area (Å²) in [6, 6.07) is 19.7. The van der Waals surface area contributed by atoms with Gasteiger partial charge in [-0.2, -0.15) is 10.4 Å². The van der Waals surface area contributed by atoms with Gasteiger partial charge >= 0.3 is 0 Å². The largest absolute Gasteiger partial charge is 0.364 e. The van der Waals surface area contributed by atoms with Gasteiger partial charge in [0.15, 0.2) is 5.69 Å². The second kappa shape index (κ2) is 9.69. The minimum atomic E-state index is -0.665. The van der Waals surface area contributed by atoms with Crippen LogP contribution in [0.3, 0.4) is 0 Å². The Morgan fingerprint density at radius 3 is 2.32 bits per heavy atom. The molecular formula is C23H24N6O2. The zero-order valence-electron chi connectivity index (χ0n) is 17.5. The van der Waals surface area contributed by atoms with E-state index >= 15 is 0 Å². The SMILES string of the molecule is CN(C)CCN(Cc1ccc(C#N)cc1)C(=O)c1cc(C(N)=O)n(-c2ccccc2)n1. The van der Waals surface area contributed by atoms with Crippen LogP contribution in [0, 0.1) is 11.3 Å². The number of aromatic nitrogens is 2. The summed E-state index contributed by atoms with van der Waals surface area (Å²) in [5.74, 6) is -0.967. The van der Waals surface area contributed by atoms with Crippen LogP contribution in [0.1, 0.15) is 32.1 Å². The topological polar surface area (TPSA) is 108 Å². The first-order valence-electron chi connectivity index (χ1n) is 9.77. The predicted octanol–water partition coefficient (Wildman–Crippen LogP) is 2.05. The van der Waals surface area contributed by atoms with E-state index in [0.717, 1.165) is 5.56 Å². The Kier molecular flexibility index (Phi) is 6.80. The smallest absolute Gasteiger partial charge is 0.274 e. The number of carbonyl (C=O) groups excluding carboxylic acids is 2. The molecule has 2 aromatic carbocycles. The number of nitrogens with zero attached hydrogens (tertiary/aromatic N) is 5. The number of amides is 2. The van der Waals surface area contributed by atoms with Crippen LogP contribution in [0.25, 0.3) is 5.69 Å². The van der Waals surface area contributed by atoms with E-state index in [4.69, 9.17) is 11.0 Å². The number of nitriles is 1. The van der Waals surface area contributed by atoms with E-state index in [9.17, 15) is 9.59 Å². The molecule has 31 heavy (non-hydrogen) atoms. The minimum Gasteiger partial charge on any atom is -0.364 e. The van der Waals surface area contributed by atoms with E-state index in [1.165, 1.54) is 10.7 Å². The number of nitrogens with two attached hydrogens (primary N) is 1. The van der Waals surface area contributed by atoms with E-state index in [1.807, 2.05) is 49.3 Å². The van der Waals surface area contributed by atoms with E-state index < -0.39 is 5.91 Å². The molecule has 8 heteroatoms. The van der Waals surface area contributed by atoms with Crippen LogP contribution >= 0.6 is 0 Å². The molecule has 0 bridgehead atoms. The van der Waals surface area contributed by atoms with Crippen molar-refractivity contribution in [1.29, 1.82) is 5.26 Å². The standard InChI is InChI=1S/C23H24N6O2/c1-27(2)12-13-28(16-18-10-8-17(15-24)9-11-18)23(31)20-14-21(22(25)30)29(26-20)19-6-4-3-5-7-19/h3-11,14H,12-13,16H2,1-2H3,(H2,25,30). The molecule has 0 aliphatic rings. The maximum Gasteiger partial charge on any atom is 0.274 e. The fourth-order valence-electron chi connectivity index (χ4n) is 3.07. The number of rotatable bonds is 8. The fraction of sp³-hybridized carbons (Fsp3) is 0.217. The number of benzene rings is 2. The van der Waals surface area contributed by atoms with Crippen molar-refractivity contribution in [2.75, 3.05) is 27.2 Å². The summed E-state index contributed by atoms with van der Waals surface area (Å²) in [6.07, 6.45) is 0. The number of hydrogen-bond acceptors (Lipinski definition) is 5. The first-order chi connectivity index (χ1) is 14.9. The number of primary amides is 1. The van der Waals surface area contributed by atoms with Gasteiger partial charge in [-0.15, -0.1) is 0 Å². The first-order valence-corrected chi connectivity index (χ1v) is 9.77. The Bertz CT molecular complexity index is 1100. The van der Waals surface area contributed by atoms with Crippen molar-refractivity contribution in [3.8, 4) is 11.8 Å². The third-order valence-corrected chi connectivity index (χ3v) is 4.74. The Morgan fingerprint density at radius 2 is 1.74 bits per heavy atom. The highest BCUT2D eigenvalue weighted by atomic mass is 16.2. The Labute approximate surface area is 181 Å². The number of carbonyl (C=O) groups is 2. The van der Waals surface area contributed by atoms with Crippen LogP contribution in [-0.2, 0) is 6.54 Å². The minimum absolute atomic E-state index is 0.139. The lowest BCUT2D eigenvalue weighted by Gasteiger charge is -2.24. The van der Waals surface area contributed by atoms with Gasteiger partial charge in [0.1, 0.15) is 5.69 Å². The lowest BCUT2D eigenvalue weighted by atomic mass is 10.1.